The third kappa shape index (κ3) is 5.92. The number of hydrogen-bond donors (Lipinski definition) is 1. The fraction of sp³-hybridized carbons (Fsp3) is 0.125. The smallest absolute Gasteiger partial charge is 0.269 e. The molecule has 1 unspecified atom stereocenters. The lowest BCUT2D eigenvalue weighted by Gasteiger charge is -2.16. The molecule has 0 saturated heterocycles. The average molecular weight is 556 g/mol. The third-order valence-corrected chi connectivity index (χ3v) is 6.63. The molecule has 0 radical (unpaired) electrons. The summed E-state index contributed by atoms with van der Waals surface area (Å²) < 4.78 is 15.9. The second kappa shape index (κ2) is 10.8. The van der Waals surface area contributed by atoms with Crippen LogP contribution in [0, 0.1) is 15.9 Å². The molecule has 178 valence electrons. The monoisotopic (exact) mass is 555 g/mol. The normalized spacial score (nSPS) is 11.7. The Balaban J connectivity index is 1.63. The molecule has 3 aromatic carbocycles. The molecule has 0 fully saturated rings. The zero-order chi connectivity index (χ0) is 24.9. The van der Waals surface area contributed by atoms with E-state index < -0.39 is 11.0 Å². The highest BCUT2D eigenvalue weighted by molar-refractivity contribution is 9.10. The van der Waals surface area contributed by atoms with Crippen LogP contribution >= 0.6 is 27.7 Å². The fourth-order valence-electron chi connectivity index (χ4n) is 3.30. The van der Waals surface area contributed by atoms with E-state index in [4.69, 9.17) is 0 Å². The standard InChI is InChI=1S/C24H19BrFN5O3S/c1-15(27-23(32)17-4-6-18(25)7-5-17)22-28-29-24(35-14-16-2-8-19(26)9-3-16)30(22)20-10-12-21(13-11-20)31(33)34/h2-13,15H,14H2,1H3,(H,27,32). The van der Waals surface area contributed by atoms with Crippen molar-refractivity contribution in [1.29, 1.82) is 0 Å². The zero-order valence-corrected chi connectivity index (χ0v) is 20.8. The number of nitrogens with one attached hydrogen (secondary N) is 1. The van der Waals surface area contributed by atoms with Crippen molar-refractivity contribution in [3.63, 3.8) is 0 Å². The van der Waals surface area contributed by atoms with Crippen LogP contribution in [0.3, 0.4) is 0 Å². The van der Waals surface area contributed by atoms with Crippen molar-refractivity contribution in [2.24, 2.45) is 0 Å². The van der Waals surface area contributed by atoms with Gasteiger partial charge in [0.15, 0.2) is 11.0 Å². The van der Waals surface area contributed by atoms with Crippen LogP contribution in [0.1, 0.15) is 34.7 Å². The topological polar surface area (TPSA) is 103 Å². The number of nitro groups is 1. The lowest BCUT2D eigenvalue weighted by Crippen LogP contribution is -2.28. The molecule has 1 aromatic heterocycles. The molecular weight excluding hydrogens is 537 g/mol. The summed E-state index contributed by atoms with van der Waals surface area (Å²) in [5, 5.41) is 23.2. The second-order valence-corrected chi connectivity index (χ2v) is 9.43. The minimum absolute atomic E-state index is 0.0412. The molecule has 0 aliphatic heterocycles. The molecule has 0 aliphatic rings. The molecule has 1 atom stereocenters. The number of halogens is 2. The Morgan fingerprint density at radius 1 is 1.09 bits per heavy atom. The number of amides is 1. The van der Waals surface area contributed by atoms with Gasteiger partial charge in [0.1, 0.15) is 5.82 Å². The molecule has 1 N–H and O–H groups in total. The Bertz CT molecular complexity index is 1350. The Morgan fingerprint density at radius 2 is 1.74 bits per heavy atom. The number of carbonyl (C=O) groups is 1. The number of rotatable bonds is 8. The molecule has 11 heteroatoms. The predicted molar refractivity (Wildman–Crippen MR) is 134 cm³/mol. The Morgan fingerprint density at radius 3 is 2.37 bits per heavy atom. The van der Waals surface area contributed by atoms with Gasteiger partial charge in [-0.25, -0.2) is 4.39 Å². The number of carbonyl (C=O) groups excluding carboxylic acids is 1. The minimum Gasteiger partial charge on any atom is -0.342 e. The van der Waals surface area contributed by atoms with Crippen LogP contribution in [-0.2, 0) is 5.75 Å². The summed E-state index contributed by atoms with van der Waals surface area (Å²) in [7, 11) is 0. The first-order valence-electron chi connectivity index (χ1n) is 10.5. The third-order valence-electron chi connectivity index (χ3n) is 5.10. The maximum Gasteiger partial charge on any atom is 0.269 e. The van der Waals surface area contributed by atoms with Gasteiger partial charge in [-0.15, -0.1) is 10.2 Å². The molecule has 4 rings (SSSR count). The lowest BCUT2D eigenvalue weighted by atomic mass is 10.2. The van der Waals surface area contributed by atoms with Crippen LogP contribution in [0.15, 0.2) is 82.4 Å². The Kier molecular flexibility index (Phi) is 7.57. The van der Waals surface area contributed by atoms with Crippen LogP contribution < -0.4 is 5.32 Å². The summed E-state index contributed by atoms with van der Waals surface area (Å²) in [4.78, 5) is 23.4. The van der Waals surface area contributed by atoms with Crippen LogP contribution in [-0.4, -0.2) is 25.6 Å². The molecule has 8 nitrogen and oxygen atoms in total. The summed E-state index contributed by atoms with van der Waals surface area (Å²) >= 11 is 4.73. The summed E-state index contributed by atoms with van der Waals surface area (Å²) in [6, 6.07) is 18.6. The van der Waals surface area contributed by atoms with Crippen LogP contribution in [0.4, 0.5) is 10.1 Å². The van der Waals surface area contributed by atoms with E-state index in [2.05, 4.69) is 31.4 Å². The largest absolute Gasteiger partial charge is 0.342 e. The fourth-order valence-corrected chi connectivity index (χ4v) is 4.47. The van der Waals surface area contributed by atoms with Gasteiger partial charge in [0.25, 0.3) is 11.6 Å². The number of benzene rings is 3. The first kappa shape index (κ1) is 24.6. The van der Waals surface area contributed by atoms with Gasteiger partial charge in [0.2, 0.25) is 0 Å². The van der Waals surface area contributed by atoms with Crippen molar-refractivity contribution in [1.82, 2.24) is 20.1 Å². The van der Waals surface area contributed by atoms with Crippen molar-refractivity contribution in [2.75, 3.05) is 0 Å². The van der Waals surface area contributed by atoms with E-state index in [-0.39, 0.29) is 17.4 Å². The van der Waals surface area contributed by atoms with Gasteiger partial charge in [-0.1, -0.05) is 39.8 Å². The first-order valence-corrected chi connectivity index (χ1v) is 12.2. The first-order chi connectivity index (χ1) is 16.8. The number of hydrogen-bond acceptors (Lipinski definition) is 6. The van der Waals surface area contributed by atoms with Crippen LogP contribution in [0.25, 0.3) is 5.69 Å². The van der Waals surface area contributed by atoms with E-state index in [0.717, 1.165) is 10.0 Å². The number of nitrogens with zero attached hydrogens (tertiary/aromatic N) is 4. The van der Waals surface area contributed by atoms with Gasteiger partial charge < -0.3 is 5.32 Å². The predicted octanol–water partition coefficient (Wildman–Crippen LogP) is 5.86. The number of aromatic nitrogens is 3. The van der Waals surface area contributed by atoms with E-state index in [1.807, 2.05) is 0 Å². The zero-order valence-electron chi connectivity index (χ0n) is 18.4. The highest BCUT2D eigenvalue weighted by Gasteiger charge is 2.22. The van der Waals surface area contributed by atoms with Gasteiger partial charge in [0.05, 0.1) is 11.0 Å². The van der Waals surface area contributed by atoms with Crippen molar-refractivity contribution in [3.8, 4) is 5.69 Å². The van der Waals surface area contributed by atoms with Crippen LogP contribution in [0.2, 0.25) is 0 Å². The second-order valence-electron chi connectivity index (χ2n) is 7.57. The molecule has 0 aliphatic carbocycles. The van der Waals surface area contributed by atoms with Crippen LogP contribution in [0.5, 0.6) is 0 Å². The lowest BCUT2D eigenvalue weighted by molar-refractivity contribution is -0.384. The number of thioether (sulfide) groups is 1. The van der Waals surface area contributed by atoms with Gasteiger partial charge >= 0.3 is 0 Å². The van der Waals surface area contributed by atoms with Crippen molar-refractivity contribution >= 4 is 39.3 Å². The maximum atomic E-state index is 13.2. The average Bonchev–Trinajstić information content (AvgIpc) is 3.28. The molecule has 1 amide bonds. The summed E-state index contributed by atoms with van der Waals surface area (Å²) in [5.74, 6) is 0.380. The van der Waals surface area contributed by atoms with Gasteiger partial charge in [0, 0.05) is 33.6 Å². The van der Waals surface area contributed by atoms with E-state index in [1.54, 1.807) is 60.0 Å². The minimum atomic E-state index is -0.519. The molecule has 0 saturated carbocycles. The summed E-state index contributed by atoms with van der Waals surface area (Å²) in [5.41, 5.74) is 1.96. The molecule has 0 bridgehead atoms. The van der Waals surface area contributed by atoms with Crippen molar-refractivity contribution < 1.29 is 14.1 Å². The number of non-ortho nitro benzene ring substituents is 1. The summed E-state index contributed by atoms with van der Waals surface area (Å²) in [6.45, 7) is 1.79. The van der Waals surface area contributed by atoms with E-state index in [9.17, 15) is 19.3 Å². The van der Waals surface area contributed by atoms with Crippen molar-refractivity contribution in [3.05, 3.63) is 110 Å². The highest BCUT2D eigenvalue weighted by atomic mass is 79.9. The Hall–Kier alpha value is -3.57. The van der Waals surface area contributed by atoms with E-state index >= 15 is 0 Å². The molecule has 4 aromatic rings. The molecule has 35 heavy (non-hydrogen) atoms. The number of nitro benzene ring substituents is 1. The molecule has 1 heterocycles. The van der Waals surface area contributed by atoms with Gasteiger partial charge in [-0.3, -0.25) is 19.5 Å². The Labute approximate surface area is 212 Å². The molecule has 0 spiro atoms. The van der Waals surface area contributed by atoms with E-state index in [0.29, 0.717) is 28.0 Å². The van der Waals surface area contributed by atoms with Gasteiger partial charge in [-0.2, -0.15) is 0 Å². The molecular formula is C24H19BrFN5O3S. The highest BCUT2D eigenvalue weighted by Crippen LogP contribution is 2.28. The van der Waals surface area contributed by atoms with Gasteiger partial charge in [-0.05, 0) is 61.0 Å². The maximum absolute atomic E-state index is 13.2. The van der Waals surface area contributed by atoms with E-state index in [1.165, 1.54) is 36.0 Å². The van der Waals surface area contributed by atoms with Crippen molar-refractivity contribution in [2.45, 2.75) is 23.9 Å². The summed E-state index contributed by atoms with van der Waals surface area (Å²) in [6.07, 6.45) is 0. The quantitative estimate of drug-likeness (QED) is 0.166. The SMILES string of the molecule is CC(NC(=O)c1ccc(Br)cc1)c1nnc(SCc2ccc(F)cc2)n1-c1ccc([N+](=O)[O-])cc1.